The predicted molar refractivity (Wildman–Crippen MR) is 109 cm³/mol. The second-order valence-electron chi connectivity index (χ2n) is 5.92. The molecule has 0 amide bonds. The molecule has 0 spiro atoms. The molecule has 0 aliphatic heterocycles. The van der Waals surface area contributed by atoms with Gasteiger partial charge >= 0.3 is 0 Å². The molecule has 0 unspecified atom stereocenters. The van der Waals surface area contributed by atoms with E-state index in [2.05, 4.69) is 116 Å². The molecule has 0 fully saturated rings. The molecule has 3 heteroatoms. The Morgan fingerprint density at radius 1 is 0.750 bits per heavy atom. The van der Waals surface area contributed by atoms with Crippen molar-refractivity contribution in [2.24, 2.45) is 0 Å². The van der Waals surface area contributed by atoms with Gasteiger partial charge in [0.2, 0.25) is 0 Å². The molecular formula is C21H15Br2N. The van der Waals surface area contributed by atoms with E-state index in [4.69, 9.17) is 0 Å². The molecule has 0 aliphatic carbocycles. The Labute approximate surface area is 158 Å². The van der Waals surface area contributed by atoms with E-state index < -0.39 is 0 Å². The van der Waals surface area contributed by atoms with E-state index in [-0.39, 0.29) is 0 Å². The topological polar surface area (TPSA) is 4.93 Å². The third kappa shape index (κ3) is 2.83. The molecule has 0 saturated heterocycles. The molecule has 24 heavy (non-hydrogen) atoms. The number of hydrogen-bond donors (Lipinski definition) is 0. The highest BCUT2D eigenvalue weighted by molar-refractivity contribution is 9.10. The van der Waals surface area contributed by atoms with Crippen LogP contribution in [0.15, 0.2) is 81.9 Å². The largest absolute Gasteiger partial charge is 0.316 e. The third-order valence-corrected chi connectivity index (χ3v) is 5.26. The molecule has 1 nitrogen and oxygen atoms in total. The summed E-state index contributed by atoms with van der Waals surface area (Å²) >= 11 is 7.12. The second-order valence-corrected chi connectivity index (χ2v) is 7.75. The summed E-state index contributed by atoms with van der Waals surface area (Å²) in [5.74, 6) is 0. The van der Waals surface area contributed by atoms with E-state index in [9.17, 15) is 0 Å². The van der Waals surface area contributed by atoms with Crippen LogP contribution in [-0.2, 0) is 0 Å². The van der Waals surface area contributed by atoms with Gasteiger partial charge in [-0.1, -0.05) is 61.7 Å². The zero-order chi connectivity index (χ0) is 16.7. The van der Waals surface area contributed by atoms with Gasteiger partial charge in [0, 0.05) is 31.8 Å². The first kappa shape index (κ1) is 15.7. The molecule has 4 rings (SSSR count). The van der Waals surface area contributed by atoms with Crippen LogP contribution in [0.2, 0.25) is 0 Å². The molecule has 0 aliphatic rings. The fourth-order valence-electron chi connectivity index (χ4n) is 2.98. The number of aryl methyl sites for hydroxylation is 1. The molecule has 0 bridgehead atoms. The highest BCUT2D eigenvalue weighted by atomic mass is 79.9. The van der Waals surface area contributed by atoms with Crippen molar-refractivity contribution in [2.45, 2.75) is 6.92 Å². The molecule has 4 aromatic rings. The van der Waals surface area contributed by atoms with E-state index in [1.54, 1.807) is 0 Å². The molecular weight excluding hydrogens is 426 g/mol. The number of benzene rings is 3. The van der Waals surface area contributed by atoms with E-state index >= 15 is 0 Å². The lowest BCUT2D eigenvalue weighted by molar-refractivity contribution is 1.13. The third-order valence-electron chi connectivity index (χ3n) is 4.23. The molecule has 1 aromatic heterocycles. The first-order valence-electron chi connectivity index (χ1n) is 7.75. The van der Waals surface area contributed by atoms with Crippen LogP contribution in [0.4, 0.5) is 0 Å². The Morgan fingerprint density at radius 3 is 2.12 bits per heavy atom. The number of halogens is 2. The Bertz CT molecular complexity index is 1010. The first-order valence-corrected chi connectivity index (χ1v) is 9.34. The van der Waals surface area contributed by atoms with E-state index in [1.165, 1.54) is 27.6 Å². The van der Waals surface area contributed by atoms with E-state index in [0.717, 1.165) is 14.6 Å². The number of fused-ring (bicyclic) bond motifs is 1. The van der Waals surface area contributed by atoms with Crippen molar-refractivity contribution in [3.63, 3.8) is 0 Å². The van der Waals surface area contributed by atoms with Crippen molar-refractivity contribution >= 4 is 42.8 Å². The Hall–Kier alpha value is -1.84. The monoisotopic (exact) mass is 439 g/mol. The first-order chi connectivity index (χ1) is 11.6. The van der Waals surface area contributed by atoms with Gasteiger partial charge in [-0.15, -0.1) is 0 Å². The van der Waals surface area contributed by atoms with Crippen LogP contribution in [0, 0.1) is 6.92 Å². The summed E-state index contributed by atoms with van der Waals surface area (Å²) in [5.41, 5.74) is 6.12. The zero-order valence-corrected chi connectivity index (χ0v) is 16.3. The Balaban J connectivity index is 1.98. The summed E-state index contributed by atoms with van der Waals surface area (Å²) < 4.78 is 4.43. The summed E-state index contributed by atoms with van der Waals surface area (Å²) in [6, 6.07) is 23.6. The lowest BCUT2D eigenvalue weighted by Crippen LogP contribution is -1.90. The van der Waals surface area contributed by atoms with Gasteiger partial charge < -0.3 is 4.57 Å². The quantitative estimate of drug-likeness (QED) is 0.312. The van der Waals surface area contributed by atoms with Crippen LogP contribution in [-0.4, -0.2) is 4.57 Å². The van der Waals surface area contributed by atoms with Crippen molar-refractivity contribution in [3.8, 4) is 16.8 Å². The minimum atomic E-state index is 1.09. The Kier molecular flexibility index (Phi) is 4.07. The normalized spacial score (nSPS) is 11.1. The summed E-state index contributed by atoms with van der Waals surface area (Å²) in [5, 5.41) is 1.25. The maximum absolute atomic E-state index is 3.61. The van der Waals surface area contributed by atoms with Crippen molar-refractivity contribution in [1.29, 1.82) is 0 Å². The second kappa shape index (κ2) is 6.23. The van der Waals surface area contributed by atoms with E-state index in [0.29, 0.717) is 0 Å². The van der Waals surface area contributed by atoms with Gasteiger partial charge in [0.25, 0.3) is 0 Å². The zero-order valence-electron chi connectivity index (χ0n) is 13.1. The highest BCUT2D eigenvalue weighted by Crippen LogP contribution is 2.34. The lowest BCUT2D eigenvalue weighted by atomic mass is 10.0. The summed E-state index contributed by atoms with van der Waals surface area (Å²) in [6.07, 6.45) is 2.23. The van der Waals surface area contributed by atoms with Crippen molar-refractivity contribution < 1.29 is 0 Å². The lowest BCUT2D eigenvalue weighted by Gasteiger charge is -2.05. The summed E-state index contributed by atoms with van der Waals surface area (Å²) in [6.45, 7) is 2.12. The van der Waals surface area contributed by atoms with Gasteiger partial charge in [0.05, 0.1) is 5.52 Å². The molecule has 0 atom stereocenters. The molecule has 118 valence electrons. The molecule has 0 N–H and O–H groups in total. The maximum Gasteiger partial charge on any atom is 0.0535 e. The Morgan fingerprint density at radius 2 is 1.42 bits per heavy atom. The fourth-order valence-corrected chi connectivity index (χ4v) is 3.61. The van der Waals surface area contributed by atoms with E-state index in [1.807, 2.05) is 0 Å². The van der Waals surface area contributed by atoms with Crippen molar-refractivity contribution in [2.75, 3.05) is 0 Å². The average molecular weight is 441 g/mol. The fraction of sp³-hybridized carbons (Fsp3) is 0.0476. The molecule has 0 radical (unpaired) electrons. The SMILES string of the molecule is Cc1ccc(-c2cn(-c3ccc(Br)cc3)c3ccc(Br)cc23)cc1. The van der Waals surface area contributed by atoms with Crippen molar-refractivity contribution in [1.82, 2.24) is 4.57 Å². The van der Waals surface area contributed by atoms with Gasteiger partial charge in [0.1, 0.15) is 0 Å². The maximum atomic E-state index is 3.61. The van der Waals surface area contributed by atoms with Crippen molar-refractivity contribution in [3.05, 3.63) is 87.4 Å². The van der Waals surface area contributed by atoms with Gasteiger partial charge in [-0.25, -0.2) is 0 Å². The van der Waals surface area contributed by atoms with Crippen LogP contribution in [0.1, 0.15) is 5.56 Å². The number of aromatic nitrogens is 1. The number of hydrogen-bond acceptors (Lipinski definition) is 0. The molecule has 0 saturated carbocycles. The van der Waals surface area contributed by atoms with Crippen LogP contribution >= 0.6 is 31.9 Å². The number of rotatable bonds is 2. The van der Waals surface area contributed by atoms with Crippen LogP contribution < -0.4 is 0 Å². The average Bonchev–Trinajstić information content (AvgIpc) is 2.95. The minimum Gasteiger partial charge on any atom is -0.316 e. The molecule has 3 aromatic carbocycles. The van der Waals surface area contributed by atoms with Crippen LogP contribution in [0.3, 0.4) is 0 Å². The van der Waals surface area contributed by atoms with Gasteiger partial charge in [-0.3, -0.25) is 0 Å². The standard InChI is InChI=1S/C21H15Br2N/c1-14-2-4-15(5-3-14)20-13-24(18-9-6-16(22)7-10-18)21-11-8-17(23)12-19(20)21/h2-13H,1H3. The van der Waals surface area contributed by atoms with Gasteiger partial charge in [0.15, 0.2) is 0 Å². The summed E-state index contributed by atoms with van der Waals surface area (Å²) in [4.78, 5) is 0. The predicted octanol–water partition coefficient (Wildman–Crippen LogP) is 7.13. The van der Waals surface area contributed by atoms with Gasteiger partial charge in [-0.2, -0.15) is 0 Å². The highest BCUT2D eigenvalue weighted by Gasteiger charge is 2.12. The molecule has 1 heterocycles. The van der Waals surface area contributed by atoms with Crippen LogP contribution in [0.5, 0.6) is 0 Å². The number of nitrogens with zero attached hydrogens (tertiary/aromatic N) is 1. The summed E-state index contributed by atoms with van der Waals surface area (Å²) in [7, 11) is 0. The van der Waals surface area contributed by atoms with Crippen LogP contribution in [0.25, 0.3) is 27.7 Å². The minimum absolute atomic E-state index is 1.09. The smallest absolute Gasteiger partial charge is 0.0535 e. The van der Waals surface area contributed by atoms with Gasteiger partial charge in [-0.05, 0) is 55.0 Å².